The van der Waals surface area contributed by atoms with Gasteiger partial charge in [-0.25, -0.2) is 0 Å². The van der Waals surface area contributed by atoms with Crippen LogP contribution in [0.2, 0.25) is 0 Å². The molecule has 0 N–H and O–H groups in total. The van der Waals surface area contributed by atoms with Crippen molar-refractivity contribution in [1.29, 1.82) is 10.5 Å². The molecule has 8 aromatic rings. The fourth-order valence-electron chi connectivity index (χ4n) is 7.62. The van der Waals surface area contributed by atoms with Gasteiger partial charge in [-0.2, -0.15) is 10.5 Å². The molecule has 1 aliphatic rings. The monoisotopic (exact) mass is 625 g/mol. The van der Waals surface area contributed by atoms with Gasteiger partial charge >= 0.3 is 0 Å². The highest BCUT2D eigenvalue weighted by atomic mass is 16.5. The smallest absolute Gasteiger partial charge is 0.132 e. The third-order valence-electron chi connectivity index (χ3n) is 9.79. The summed E-state index contributed by atoms with van der Waals surface area (Å²) >= 11 is 0. The second-order valence-corrected chi connectivity index (χ2v) is 12.4. The van der Waals surface area contributed by atoms with Gasteiger partial charge in [0.2, 0.25) is 0 Å². The van der Waals surface area contributed by atoms with Crippen LogP contribution >= 0.6 is 0 Å². The zero-order valence-corrected chi connectivity index (χ0v) is 26.3. The molecule has 0 unspecified atom stereocenters. The number of hydrogen-bond donors (Lipinski definition) is 0. The molecule has 228 valence electrons. The number of fused-ring (bicyclic) bond motifs is 5. The minimum atomic E-state index is -0.611. The molecule has 4 nitrogen and oxygen atoms in total. The Morgan fingerprint density at radius 2 is 1.02 bits per heavy atom. The SMILES string of the molecule is N#Cc1ccc(-n2c3ccc(C#N)cc3c3cc(-c4ccc5c(c4)C(c4ccccc4)(c4ccccc4)c4ccccc4O5)ccc32)cc1. The maximum Gasteiger partial charge on any atom is 0.132 e. The van der Waals surface area contributed by atoms with Crippen molar-refractivity contribution < 1.29 is 4.74 Å². The standard InChI is InChI=1S/C45H27N3O/c46-28-30-15-20-36(21-16-30)48-41-22-17-31(29-47)25-37(41)38-26-32(18-23-42(38)48)33-19-24-44-40(27-33)45(34-9-3-1-4-10-34,35-11-5-2-6-12-35)39-13-7-8-14-43(39)49-44/h1-27H. The Hall–Kier alpha value is -6.88. The van der Waals surface area contributed by atoms with Crippen molar-refractivity contribution in [2.24, 2.45) is 0 Å². The van der Waals surface area contributed by atoms with E-state index in [2.05, 4.69) is 132 Å². The molecular formula is C45H27N3O. The number of para-hydroxylation sites is 1. The first kappa shape index (κ1) is 28.4. The first-order valence-electron chi connectivity index (χ1n) is 16.2. The lowest BCUT2D eigenvalue weighted by atomic mass is 9.63. The molecule has 0 atom stereocenters. The molecule has 0 aliphatic carbocycles. The summed E-state index contributed by atoms with van der Waals surface area (Å²) in [6, 6.07) is 60.8. The molecule has 9 rings (SSSR count). The lowest BCUT2D eigenvalue weighted by Gasteiger charge is -2.41. The number of rotatable bonds is 4. The minimum Gasteiger partial charge on any atom is -0.457 e. The molecule has 0 bridgehead atoms. The molecule has 0 radical (unpaired) electrons. The maximum atomic E-state index is 9.80. The molecular weight excluding hydrogens is 599 g/mol. The van der Waals surface area contributed by atoms with Gasteiger partial charge in [0.15, 0.2) is 0 Å². The summed E-state index contributed by atoms with van der Waals surface area (Å²) in [5.74, 6) is 1.67. The predicted molar refractivity (Wildman–Crippen MR) is 194 cm³/mol. The molecule has 0 saturated heterocycles. The first-order valence-corrected chi connectivity index (χ1v) is 16.2. The average molecular weight is 626 g/mol. The van der Waals surface area contributed by atoms with Crippen molar-refractivity contribution in [3.63, 3.8) is 0 Å². The van der Waals surface area contributed by atoms with Crippen molar-refractivity contribution in [2.75, 3.05) is 0 Å². The summed E-state index contributed by atoms with van der Waals surface area (Å²) in [6.07, 6.45) is 0. The Balaban J connectivity index is 1.30. The lowest BCUT2D eigenvalue weighted by molar-refractivity contribution is 0.434. The minimum absolute atomic E-state index is 0.608. The summed E-state index contributed by atoms with van der Waals surface area (Å²) in [6.45, 7) is 0. The maximum absolute atomic E-state index is 9.80. The molecule has 49 heavy (non-hydrogen) atoms. The fraction of sp³-hybridized carbons (Fsp3) is 0.0222. The normalized spacial score (nSPS) is 12.8. The third kappa shape index (κ3) is 4.29. The summed E-state index contributed by atoms with van der Waals surface area (Å²) in [4.78, 5) is 0. The number of benzene rings is 7. The Kier molecular flexibility index (Phi) is 6.44. The molecule has 1 aromatic heterocycles. The molecule has 0 amide bonds. The van der Waals surface area contributed by atoms with Gasteiger partial charge in [-0.05, 0) is 95.1 Å². The van der Waals surface area contributed by atoms with E-state index in [1.807, 2.05) is 48.5 Å². The van der Waals surface area contributed by atoms with Gasteiger partial charge in [-0.3, -0.25) is 0 Å². The van der Waals surface area contributed by atoms with Crippen LogP contribution in [0.5, 0.6) is 11.5 Å². The van der Waals surface area contributed by atoms with Crippen LogP contribution in [0.15, 0.2) is 164 Å². The van der Waals surface area contributed by atoms with Crippen molar-refractivity contribution in [1.82, 2.24) is 4.57 Å². The van der Waals surface area contributed by atoms with Gasteiger partial charge in [0.05, 0.1) is 39.7 Å². The van der Waals surface area contributed by atoms with Gasteiger partial charge in [0.1, 0.15) is 11.5 Å². The summed E-state index contributed by atoms with van der Waals surface area (Å²) < 4.78 is 8.83. The van der Waals surface area contributed by atoms with Gasteiger partial charge in [-0.1, -0.05) is 91.0 Å². The van der Waals surface area contributed by atoms with Crippen LogP contribution in [0.4, 0.5) is 0 Å². The summed E-state index contributed by atoms with van der Waals surface area (Å²) in [7, 11) is 0. The van der Waals surface area contributed by atoms with E-state index in [0.717, 1.165) is 61.2 Å². The molecule has 1 aliphatic heterocycles. The van der Waals surface area contributed by atoms with Gasteiger partial charge in [0.25, 0.3) is 0 Å². The van der Waals surface area contributed by atoms with E-state index < -0.39 is 5.41 Å². The van der Waals surface area contributed by atoms with Gasteiger partial charge in [-0.15, -0.1) is 0 Å². The number of ether oxygens (including phenoxy) is 1. The van der Waals surface area contributed by atoms with Crippen LogP contribution in [0.25, 0.3) is 38.6 Å². The topological polar surface area (TPSA) is 61.7 Å². The quantitative estimate of drug-likeness (QED) is 0.195. The number of aromatic nitrogens is 1. The zero-order chi connectivity index (χ0) is 33.0. The van der Waals surface area contributed by atoms with Crippen LogP contribution in [0, 0.1) is 22.7 Å². The fourth-order valence-corrected chi connectivity index (χ4v) is 7.62. The second-order valence-electron chi connectivity index (χ2n) is 12.4. The highest BCUT2D eigenvalue weighted by Crippen LogP contribution is 2.55. The molecule has 7 aromatic carbocycles. The lowest BCUT2D eigenvalue weighted by Crippen LogP contribution is -2.34. The van der Waals surface area contributed by atoms with Crippen LogP contribution in [0.1, 0.15) is 33.4 Å². The van der Waals surface area contributed by atoms with E-state index >= 15 is 0 Å². The van der Waals surface area contributed by atoms with Crippen molar-refractivity contribution >= 4 is 21.8 Å². The van der Waals surface area contributed by atoms with E-state index in [1.54, 1.807) is 0 Å². The van der Waals surface area contributed by atoms with Crippen molar-refractivity contribution in [2.45, 2.75) is 5.41 Å². The van der Waals surface area contributed by atoms with Crippen LogP contribution in [-0.2, 0) is 5.41 Å². The van der Waals surface area contributed by atoms with Crippen LogP contribution in [-0.4, -0.2) is 4.57 Å². The number of hydrogen-bond acceptors (Lipinski definition) is 3. The van der Waals surface area contributed by atoms with Crippen molar-refractivity contribution in [3.05, 3.63) is 197 Å². The molecule has 0 spiro atoms. The van der Waals surface area contributed by atoms with E-state index in [1.165, 1.54) is 11.1 Å². The molecule has 4 heteroatoms. The van der Waals surface area contributed by atoms with Crippen LogP contribution < -0.4 is 4.74 Å². The van der Waals surface area contributed by atoms with Crippen LogP contribution in [0.3, 0.4) is 0 Å². The third-order valence-corrected chi connectivity index (χ3v) is 9.79. The largest absolute Gasteiger partial charge is 0.457 e. The summed E-state index contributed by atoms with van der Waals surface area (Å²) in [5, 5.41) is 21.2. The van der Waals surface area contributed by atoms with E-state index in [0.29, 0.717) is 11.1 Å². The zero-order valence-electron chi connectivity index (χ0n) is 26.3. The van der Waals surface area contributed by atoms with Crippen molar-refractivity contribution in [3.8, 4) is 40.5 Å². The summed E-state index contributed by atoms with van der Waals surface area (Å²) in [5.41, 5.74) is 10.2. The Bertz CT molecular complexity index is 2600. The van der Waals surface area contributed by atoms with Gasteiger partial charge in [0, 0.05) is 27.6 Å². The molecule has 0 fully saturated rings. The van der Waals surface area contributed by atoms with E-state index in [4.69, 9.17) is 4.74 Å². The Labute approximate surface area is 283 Å². The Morgan fingerprint density at radius 3 is 1.71 bits per heavy atom. The first-order chi connectivity index (χ1) is 24.2. The molecule has 2 heterocycles. The van der Waals surface area contributed by atoms with E-state index in [-0.39, 0.29) is 0 Å². The Morgan fingerprint density at radius 1 is 0.469 bits per heavy atom. The average Bonchev–Trinajstić information content (AvgIpc) is 3.50. The van der Waals surface area contributed by atoms with Gasteiger partial charge < -0.3 is 9.30 Å². The number of nitrogens with zero attached hydrogens (tertiary/aromatic N) is 3. The molecule has 0 saturated carbocycles. The highest BCUT2D eigenvalue weighted by Gasteiger charge is 2.45. The predicted octanol–water partition coefficient (Wildman–Crippen LogP) is 10.7. The number of nitriles is 2. The highest BCUT2D eigenvalue weighted by molar-refractivity contribution is 6.11. The van der Waals surface area contributed by atoms with E-state index in [9.17, 15) is 10.5 Å². The second kappa shape index (κ2) is 11.1.